The van der Waals surface area contributed by atoms with E-state index in [0.29, 0.717) is 18.2 Å². The lowest BCUT2D eigenvalue weighted by molar-refractivity contribution is -0.152. The van der Waals surface area contributed by atoms with Gasteiger partial charge in [0.25, 0.3) is 0 Å². The van der Waals surface area contributed by atoms with Gasteiger partial charge in [0, 0.05) is 24.2 Å². The number of methoxy groups -OCH3 is 1. The van der Waals surface area contributed by atoms with Crippen molar-refractivity contribution in [1.82, 2.24) is 5.06 Å². The van der Waals surface area contributed by atoms with Gasteiger partial charge in [0.05, 0.1) is 19.1 Å². The van der Waals surface area contributed by atoms with E-state index in [2.05, 4.69) is 0 Å². The Hall–Kier alpha value is -2.31. The van der Waals surface area contributed by atoms with Crippen molar-refractivity contribution in [1.29, 1.82) is 0 Å². The van der Waals surface area contributed by atoms with E-state index < -0.39 is 5.41 Å². The second kappa shape index (κ2) is 7.07. The molecular formula is C18H23NO5. The van der Waals surface area contributed by atoms with Crippen LogP contribution >= 0.6 is 0 Å². The fourth-order valence-electron chi connectivity index (χ4n) is 3.16. The molecule has 2 aliphatic heterocycles. The van der Waals surface area contributed by atoms with Gasteiger partial charge in [0.1, 0.15) is 5.75 Å². The SMILES string of the molecule is CO.COC(=O)C(C)(C)C1C2=C(Oc3ccccc31)N(O)CC=C2. The van der Waals surface area contributed by atoms with Crippen LogP contribution in [0.3, 0.4) is 0 Å². The van der Waals surface area contributed by atoms with Crippen molar-refractivity contribution < 1.29 is 24.6 Å². The average Bonchev–Trinajstić information content (AvgIpc) is 2.61. The van der Waals surface area contributed by atoms with E-state index in [1.807, 2.05) is 50.3 Å². The Morgan fingerprint density at radius 1 is 1.33 bits per heavy atom. The summed E-state index contributed by atoms with van der Waals surface area (Å²) in [5.41, 5.74) is 0.900. The zero-order chi connectivity index (χ0) is 17.9. The molecule has 1 aromatic carbocycles. The highest BCUT2D eigenvalue weighted by Crippen LogP contribution is 2.50. The van der Waals surface area contributed by atoms with Gasteiger partial charge >= 0.3 is 5.97 Å². The molecule has 1 unspecified atom stereocenters. The first-order valence-corrected chi connectivity index (χ1v) is 7.64. The Morgan fingerprint density at radius 2 is 2.00 bits per heavy atom. The molecule has 0 aromatic heterocycles. The van der Waals surface area contributed by atoms with Gasteiger partial charge < -0.3 is 14.6 Å². The van der Waals surface area contributed by atoms with E-state index in [1.165, 1.54) is 7.11 Å². The Balaban J connectivity index is 0.00000100. The second-order valence-corrected chi connectivity index (χ2v) is 6.03. The number of esters is 1. The van der Waals surface area contributed by atoms with Crippen molar-refractivity contribution in [2.24, 2.45) is 5.41 Å². The molecule has 2 aliphatic rings. The molecule has 0 saturated heterocycles. The largest absolute Gasteiger partial charge is 0.469 e. The summed E-state index contributed by atoms with van der Waals surface area (Å²) in [6.07, 6.45) is 3.75. The number of hydrogen-bond acceptors (Lipinski definition) is 6. The number of rotatable bonds is 2. The maximum absolute atomic E-state index is 12.3. The maximum Gasteiger partial charge on any atom is 0.312 e. The van der Waals surface area contributed by atoms with Crippen LogP contribution < -0.4 is 4.74 Å². The number of para-hydroxylation sites is 1. The van der Waals surface area contributed by atoms with Crippen molar-refractivity contribution in [2.75, 3.05) is 20.8 Å². The third kappa shape index (κ3) is 2.90. The number of nitrogens with zero attached hydrogens (tertiary/aromatic N) is 1. The molecule has 24 heavy (non-hydrogen) atoms. The highest BCUT2D eigenvalue weighted by molar-refractivity contribution is 5.79. The van der Waals surface area contributed by atoms with Gasteiger partial charge in [-0.05, 0) is 19.9 Å². The van der Waals surface area contributed by atoms with Crippen molar-refractivity contribution in [3.63, 3.8) is 0 Å². The van der Waals surface area contributed by atoms with E-state index >= 15 is 0 Å². The lowest BCUT2D eigenvalue weighted by atomic mass is 9.69. The van der Waals surface area contributed by atoms with Crippen molar-refractivity contribution in [2.45, 2.75) is 19.8 Å². The lowest BCUT2D eigenvalue weighted by Crippen LogP contribution is -2.39. The summed E-state index contributed by atoms with van der Waals surface area (Å²) in [6, 6.07) is 7.56. The molecular weight excluding hydrogens is 310 g/mol. The predicted octanol–water partition coefficient (Wildman–Crippen LogP) is 2.44. The number of carbonyl (C=O) groups excluding carboxylic acids is 1. The Morgan fingerprint density at radius 3 is 2.67 bits per heavy atom. The first kappa shape index (κ1) is 18.0. The third-order valence-corrected chi connectivity index (χ3v) is 4.24. The van der Waals surface area contributed by atoms with Crippen LogP contribution in [-0.2, 0) is 9.53 Å². The minimum atomic E-state index is -0.794. The first-order chi connectivity index (χ1) is 11.5. The van der Waals surface area contributed by atoms with Gasteiger partial charge in [-0.2, -0.15) is 0 Å². The van der Waals surface area contributed by atoms with Crippen LogP contribution in [0.5, 0.6) is 5.75 Å². The molecule has 0 spiro atoms. The third-order valence-electron chi connectivity index (χ3n) is 4.24. The summed E-state index contributed by atoms with van der Waals surface area (Å²) in [5.74, 6) is 0.469. The minimum absolute atomic E-state index is 0.258. The van der Waals surface area contributed by atoms with Gasteiger partial charge in [-0.1, -0.05) is 30.4 Å². The topological polar surface area (TPSA) is 79.2 Å². The number of aliphatic hydroxyl groups excluding tert-OH is 1. The molecule has 1 atom stereocenters. The summed E-state index contributed by atoms with van der Waals surface area (Å²) in [5, 5.41) is 18.2. The number of hydroxylamine groups is 2. The molecule has 130 valence electrons. The summed E-state index contributed by atoms with van der Waals surface area (Å²) in [7, 11) is 2.39. The first-order valence-electron chi connectivity index (χ1n) is 7.64. The zero-order valence-corrected chi connectivity index (χ0v) is 14.3. The van der Waals surface area contributed by atoms with Gasteiger partial charge in [-0.15, -0.1) is 0 Å². The molecule has 2 heterocycles. The molecule has 0 fully saturated rings. The van der Waals surface area contributed by atoms with Crippen LogP contribution in [0.4, 0.5) is 0 Å². The number of carbonyl (C=O) groups is 1. The van der Waals surface area contributed by atoms with Gasteiger partial charge in [0.15, 0.2) is 0 Å². The average molecular weight is 333 g/mol. The summed E-state index contributed by atoms with van der Waals surface area (Å²) in [6.45, 7) is 4.05. The summed E-state index contributed by atoms with van der Waals surface area (Å²) in [4.78, 5) is 12.3. The lowest BCUT2D eigenvalue weighted by Gasteiger charge is -2.40. The highest BCUT2D eigenvalue weighted by atomic mass is 16.6. The fraction of sp³-hybridized carbons (Fsp3) is 0.389. The molecule has 0 amide bonds. The van der Waals surface area contributed by atoms with Gasteiger partial charge in [-0.25, -0.2) is 5.06 Å². The molecule has 0 radical (unpaired) electrons. The molecule has 6 nitrogen and oxygen atoms in total. The van der Waals surface area contributed by atoms with E-state index in [-0.39, 0.29) is 11.9 Å². The number of allylic oxidation sites excluding steroid dienone is 2. The van der Waals surface area contributed by atoms with Crippen molar-refractivity contribution >= 4 is 5.97 Å². The Labute approximate surface area is 141 Å². The number of hydrogen-bond donors (Lipinski definition) is 2. The van der Waals surface area contributed by atoms with E-state index in [4.69, 9.17) is 14.6 Å². The Bertz CT molecular complexity index is 678. The molecule has 0 bridgehead atoms. The van der Waals surface area contributed by atoms with Crippen LogP contribution in [-0.4, -0.2) is 42.1 Å². The summed E-state index contributed by atoms with van der Waals surface area (Å²) < 4.78 is 10.8. The van der Waals surface area contributed by atoms with Crippen LogP contribution in [0, 0.1) is 5.41 Å². The van der Waals surface area contributed by atoms with Crippen LogP contribution in [0.15, 0.2) is 47.9 Å². The van der Waals surface area contributed by atoms with Gasteiger partial charge in [-0.3, -0.25) is 10.0 Å². The van der Waals surface area contributed by atoms with Crippen molar-refractivity contribution in [3.8, 4) is 5.75 Å². The normalized spacial score (nSPS) is 18.8. The van der Waals surface area contributed by atoms with Crippen LogP contribution in [0.1, 0.15) is 25.3 Å². The monoisotopic (exact) mass is 333 g/mol. The Kier molecular flexibility index (Phi) is 5.31. The van der Waals surface area contributed by atoms with Crippen LogP contribution in [0.25, 0.3) is 0 Å². The molecule has 3 rings (SSSR count). The zero-order valence-electron chi connectivity index (χ0n) is 14.3. The number of fused-ring (bicyclic) bond motifs is 1. The molecule has 0 saturated carbocycles. The van der Waals surface area contributed by atoms with Crippen LogP contribution in [0.2, 0.25) is 0 Å². The van der Waals surface area contributed by atoms with Crippen molar-refractivity contribution in [3.05, 3.63) is 53.4 Å². The standard InChI is InChI=1S/C17H19NO4.CH4O/c1-17(2,16(19)21-3)14-11-7-4-5-9-13(11)22-15-12(14)8-6-10-18(15)20;1-2/h4-9,14,20H,10H2,1-3H3;2H,1H3. The predicted molar refractivity (Wildman–Crippen MR) is 88.4 cm³/mol. The van der Waals surface area contributed by atoms with E-state index in [0.717, 1.165) is 23.3 Å². The maximum atomic E-state index is 12.3. The van der Waals surface area contributed by atoms with E-state index in [1.54, 1.807) is 0 Å². The van der Waals surface area contributed by atoms with E-state index in [9.17, 15) is 10.0 Å². The fourth-order valence-corrected chi connectivity index (χ4v) is 3.16. The second-order valence-electron chi connectivity index (χ2n) is 6.03. The number of benzene rings is 1. The summed E-state index contributed by atoms with van der Waals surface area (Å²) >= 11 is 0. The van der Waals surface area contributed by atoms with Gasteiger partial charge in [0.2, 0.25) is 5.88 Å². The minimum Gasteiger partial charge on any atom is -0.469 e. The molecule has 1 aromatic rings. The number of aliphatic hydroxyl groups is 1. The smallest absolute Gasteiger partial charge is 0.312 e. The molecule has 6 heteroatoms. The highest BCUT2D eigenvalue weighted by Gasteiger charge is 2.46. The molecule has 0 aliphatic carbocycles. The number of ether oxygens (including phenoxy) is 2. The molecule has 2 N–H and O–H groups in total. The quantitative estimate of drug-likeness (QED) is 0.809.